The van der Waals surface area contributed by atoms with Gasteiger partial charge in [0.2, 0.25) is 5.95 Å². The molecule has 70 valence electrons. The Morgan fingerprint density at radius 3 is 2.79 bits per heavy atom. The van der Waals surface area contributed by atoms with Crippen LogP contribution in [0.15, 0.2) is 17.7 Å². The lowest BCUT2D eigenvalue weighted by Crippen LogP contribution is -2.33. The molecule has 1 fully saturated rings. The molecule has 0 bridgehead atoms. The molecule has 0 aliphatic carbocycles. The van der Waals surface area contributed by atoms with Crippen molar-refractivity contribution in [3.8, 4) is 6.07 Å². The van der Waals surface area contributed by atoms with Gasteiger partial charge in [-0.25, -0.2) is 4.98 Å². The summed E-state index contributed by atoms with van der Waals surface area (Å²) in [6.07, 6.45) is 1.83. The summed E-state index contributed by atoms with van der Waals surface area (Å²) in [5, 5.41) is 11.6. The Kier molecular flexibility index (Phi) is 2.25. The first-order valence-electron chi connectivity index (χ1n) is 4.26. The summed E-state index contributed by atoms with van der Waals surface area (Å²) in [6.45, 7) is 1.67. The third kappa shape index (κ3) is 1.63. The molecule has 3 nitrogen and oxygen atoms in total. The maximum absolute atomic E-state index is 13.0. The van der Waals surface area contributed by atoms with E-state index < -0.39 is 5.95 Å². The van der Waals surface area contributed by atoms with Gasteiger partial charge in [-0.05, 0) is 23.8 Å². The van der Waals surface area contributed by atoms with Crippen molar-refractivity contribution in [3.05, 3.63) is 34.9 Å². The summed E-state index contributed by atoms with van der Waals surface area (Å²) in [5.74, 6) is -0.700. The van der Waals surface area contributed by atoms with Crippen LogP contribution in [-0.4, -0.2) is 18.1 Å². The number of rotatable bonds is 1. The number of nitriles is 1. The second-order valence-electron chi connectivity index (χ2n) is 3.09. The Balaban J connectivity index is 2.29. The number of nitrogens with one attached hydrogen (secondary N) is 1. The molecule has 1 saturated heterocycles. The number of hydrogen-bond donors (Lipinski definition) is 1. The lowest BCUT2D eigenvalue weighted by Gasteiger charge is -2.17. The van der Waals surface area contributed by atoms with Crippen LogP contribution in [0.4, 0.5) is 4.39 Å². The number of nitrogens with zero attached hydrogens (tertiary/aromatic N) is 2. The van der Waals surface area contributed by atoms with E-state index in [1.54, 1.807) is 12.1 Å². The molecule has 14 heavy (non-hydrogen) atoms. The van der Waals surface area contributed by atoms with E-state index in [4.69, 9.17) is 5.26 Å². The lowest BCUT2D eigenvalue weighted by molar-refractivity contribution is 0.578. The minimum atomic E-state index is -0.700. The van der Waals surface area contributed by atoms with Crippen molar-refractivity contribution in [1.29, 1.82) is 5.26 Å². The SMILES string of the molecule is N#Cc1ccc(C=C2CNC2)nc1F. The van der Waals surface area contributed by atoms with Gasteiger partial charge in [-0.3, -0.25) is 0 Å². The number of pyridine rings is 1. The van der Waals surface area contributed by atoms with Crippen molar-refractivity contribution in [2.24, 2.45) is 0 Å². The molecule has 1 aromatic rings. The molecule has 0 saturated carbocycles. The fraction of sp³-hybridized carbons (Fsp3) is 0.200. The van der Waals surface area contributed by atoms with E-state index in [2.05, 4.69) is 10.3 Å². The first kappa shape index (κ1) is 8.85. The van der Waals surface area contributed by atoms with Gasteiger partial charge in [0.1, 0.15) is 11.6 Å². The summed E-state index contributed by atoms with van der Waals surface area (Å²) in [6, 6.07) is 4.82. The Morgan fingerprint density at radius 2 is 2.29 bits per heavy atom. The van der Waals surface area contributed by atoms with Crippen LogP contribution in [0.1, 0.15) is 11.3 Å². The molecule has 2 heterocycles. The van der Waals surface area contributed by atoms with Gasteiger partial charge in [0.05, 0.1) is 5.69 Å². The average molecular weight is 189 g/mol. The molecule has 0 radical (unpaired) electrons. The first-order chi connectivity index (χ1) is 6.79. The topological polar surface area (TPSA) is 48.7 Å². The van der Waals surface area contributed by atoms with Gasteiger partial charge in [0, 0.05) is 13.1 Å². The van der Waals surface area contributed by atoms with E-state index in [9.17, 15) is 4.39 Å². The van der Waals surface area contributed by atoms with Crippen LogP contribution >= 0.6 is 0 Å². The first-order valence-corrected chi connectivity index (χ1v) is 4.26. The van der Waals surface area contributed by atoms with Crippen molar-refractivity contribution >= 4 is 6.08 Å². The average Bonchev–Trinajstić information content (AvgIpc) is 2.12. The van der Waals surface area contributed by atoms with Crippen molar-refractivity contribution in [1.82, 2.24) is 10.3 Å². The third-order valence-electron chi connectivity index (χ3n) is 2.05. The van der Waals surface area contributed by atoms with Gasteiger partial charge in [-0.2, -0.15) is 9.65 Å². The zero-order valence-corrected chi connectivity index (χ0v) is 7.42. The summed E-state index contributed by atoms with van der Waals surface area (Å²) in [7, 11) is 0. The Bertz CT molecular complexity index is 425. The minimum absolute atomic E-state index is 0.0149. The van der Waals surface area contributed by atoms with Crippen LogP contribution in [0.5, 0.6) is 0 Å². The van der Waals surface area contributed by atoms with E-state index in [0.29, 0.717) is 5.69 Å². The van der Waals surface area contributed by atoms with Crippen molar-refractivity contribution < 1.29 is 4.39 Å². The molecule has 0 aromatic carbocycles. The highest BCUT2D eigenvalue weighted by atomic mass is 19.1. The van der Waals surface area contributed by atoms with E-state index >= 15 is 0 Å². The van der Waals surface area contributed by atoms with Gasteiger partial charge in [-0.1, -0.05) is 0 Å². The summed E-state index contributed by atoms with van der Waals surface area (Å²) < 4.78 is 13.0. The predicted octanol–water partition coefficient (Wildman–Crippen LogP) is 1.08. The number of aromatic nitrogens is 1. The molecule has 4 heteroatoms. The molecule has 1 N–H and O–H groups in total. The van der Waals surface area contributed by atoms with Gasteiger partial charge in [0.15, 0.2) is 0 Å². The zero-order chi connectivity index (χ0) is 9.97. The van der Waals surface area contributed by atoms with Gasteiger partial charge < -0.3 is 5.32 Å². The molecule has 2 rings (SSSR count). The Hall–Kier alpha value is -1.73. The molecule has 0 amide bonds. The Morgan fingerprint density at radius 1 is 1.50 bits per heavy atom. The predicted molar refractivity (Wildman–Crippen MR) is 49.8 cm³/mol. The molecule has 0 atom stereocenters. The third-order valence-corrected chi connectivity index (χ3v) is 2.05. The van der Waals surface area contributed by atoms with Gasteiger partial charge >= 0.3 is 0 Å². The molecular formula is C10H8FN3. The standard InChI is InChI=1S/C10H8FN3/c11-10-8(4-12)1-2-9(14-10)3-7-5-13-6-7/h1-3,13H,5-6H2. The second kappa shape index (κ2) is 3.56. The van der Waals surface area contributed by atoms with Crippen LogP contribution < -0.4 is 5.32 Å². The molecular weight excluding hydrogens is 181 g/mol. The molecule has 1 aliphatic rings. The van der Waals surface area contributed by atoms with Crippen LogP contribution in [0.3, 0.4) is 0 Å². The maximum atomic E-state index is 13.0. The van der Waals surface area contributed by atoms with E-state index in [-0.39, 0.29) is 5.56 Å². The quantitative estimate of drug-likeness (QED) is 0.672. The highest BCUT2D eigenvalue weighted by Crippen LogP contribution is 2.10. The maximum Gasteiger partial charge on any atom is 0.231 e. The smallest absolute Gasteiger partial charge is 0.231 e. The van der Waals surface area contributed by atoms with Crippen molar-refractivity contribution in [2.75, 3.05) is 13.1 Å². The van der Waals surface area contributed by atoms with Gasteiger partial charge in [-0.15, -0.1) is 0 Å². The van der Waals surface area contributed by atoms with Gasteiger partial charge in [0.25, 0.3) is 0 Å². The van der Waals surface area contributed by atoms with E-state index in [1.165, 1.54) is 11.6 Å². The normalized spacial score (nSPS) is 14.4. The fourth-order valence-electron chi connectivity index (χ4n) is 1.19. The zero-order valence-electron chi connectivity index (χ0n) is 7.42. The minimum Gasteiger partial charge on any atom is -0.309 e. The van der Waals surface area contributed by atoms with Crippen LogP contribution in [0, 0.1) is 17.3 Å². The van der Waals surface area contributed by atoms with Crippen molar-refractivity contribution in [3.63, 3.8) is 0 Å². The largest absolute Gasteiger partial charge is 0.309 e. The molecule has 1 aliphatic heterocycles. The molecule has 1 aromatic heterocycles. The second-order valence-corrected chi connectivity index (χ2v) is 3.09. The number of hydrogen-bond acceptors (Lipinski definition) is 3. The van der Waals surface area contributed by atoms with E-state index in [1.807, 2.05) is 6.08 Å². The monoisotopic (exact) mass is 189 g/mol. The van der Waals surface area contributed by atoms with E-state index in [0.717, 1.165) is 13.1 Å². The van der Waals surface area contributed by atoms with Crippen LogP contribution in [-0.2, 0) is 0 Å². The van der Waals surface area contributed by atoms with Crippen molar-refractivity contribution in [2.45, 2.75) is 0 Å². The lowest BCUT2D eigenvalue weighted by atomic mass is 10.1. The van der Waals surface area contributed by atoms with Crippen LogP contribution in [0.2, 0.25) is 0 Å². The molecule has 0 unspecified atom stereocenters. The molecule has 0 spiro atoms. The summed E-state index contributed by atoms with van der Waals surface area (Å²) in [4.78, 5) is 3.67. The Labute approximate surface area is 80.9 Å². The van der Waals surface area contributed by atoms with Crippen LogP contribution in [0.25, 0.3) is 6.08 Å². The summed E-state index contributed by atoms with van der Waals surface area (Å²) in [5.41, 5.74) is 1.75. The fourth-order valence-corrected chi connectivity index (χ4v) is 1.19. The highest BCUT2D eigenvalue weighted by Gasteiger charge is 2.08. The summed E-state index contributed by atoms with van der Waals surface area (Å²) >= 11 is 0. The number of halogens is 1. The highest BCUT2D eigenvalue weighted by molar-refractivity contribution is 5.52.